The molecule has 1 N–H and O–H groups in total. The molecule has 12 heavy (non-hydrogen) atoms. The molecule has 1 aromatic heterocycles. The monoisotopic (exact) mass is 202 g/mol. The zero-order valence-electron chi connectivity index (χ0n) is 7.16. The van der Waals surface area contributed by atoms with Crippen molar-refractivity contribution in [1.29, 1.82) is 0 Å². The molecule has 0 radical (unpaired) electrons. The Morgan fingerprint density at radius 1 is 1.67 bits per heavy atom. The van der Waals surface area contributed by atoms with Crippen molar-refractivity contribution in [2.75, 3.05) is 0 Å². The molecule has 0 aliphatic heterocycles. The Balaban J connectivity index is 3.37. The fourth-order valence-electron chi connectivity index (χ4n) is 0.900. The maximum absolute atomic E-state index is 8.56. The Hall–Kier alpha value is -0.680. The molecule has 0 amide bonds. The second-order valence-corrected chi connectivity index (χ2v) is 4.17. The van der Waals surface area contributed by atoms with Gasteiger partial charge in [0.25, 0.3) is 0 Å². The number of thiazole rings is 1. The van der Waals surface area contributed by atoms with Gasteiger partial charge in [-0.05, 0) is 26.1 Å². The van der Waals surface area contributed by atoms with Crippen molar-refractivity contribution in [3.05, 3.63) is 14.5 Å². The van der Waals surface area contributed by atoms with Gasteiger partial charge in [-0.15, -0.1) is 11.3 Å². The lowest BCUT2D eigenvalue weighted by Gasteiger charge is -1.96. The van der Waals surface area contributed by atoms with Gasteiger partial charge in [0.2, 0.25) is 0 Å². The molecule has 5 heteroatoms. The van der Waals surface area contributed by atoms with E-state index in [4.69, 9.17) is 17.4 Å². The highest BCUT2D eigenvalue weighted by Crippen LogP contribution is 2.18. The summed E-state index contributed by atoms with van der Waals surface area (Å²) in [6.07, 6.45) is 0. The number of rotatable bonds is 1. The van der Waals surface area contributed by atoms with Crippen LogP contribution in [-0.2, 0) is 7.05 Å². The molecular weight excluding hydrogens is 192 g/mol. The first kappa shape index (κ1) is 9.41. The molecule has 0 fully saturated rings. The number of oxime groups is 1. The molecule has 0 aliphatic carbocycles. The van der Waals surface area contributed by atoms with Crippen molar-refractivity contribution >= 4 is 29.3 Å². The average Bonchev–Trinajstić information content (AvgIpc) is 2.32. The van der Waals surface area contributed by atoms with E-state index < -0.39 is 0 Å². The van der Waals surface area contributed by atoms with E-state index in [9.17, 15) is 0 Å². The Morgan fingerprint density at radius 2 is 2.25 bits per heavy atom. The van der Waals surface area contributed by atoms with Crippen LogP contribution in [-0.4, -0.2) is 15.5 Å². The first-order valence-electron chi connectivity index (χ1n) is 3.43. The quantitative estimate of drug-likeness (QED) is 0.328. The van der Waals surface area contributed by atoms with Crippen molar-refractivity contribution in [2.24, 2.45) is 12.2 Å². The third-order valence-corrected chi connectivity index (χ3v) is 3.54. The molecular formula is C7H10N2OS2. The van der Waals surface area contributed by atoms with Gasteiger partial charge in [0.05, 0.1) is 10.6 Å². The zero-order valence-corrected chi connectivity index (χ0v) is 8.79. The molecule has 0 aliphatic rings. The standard InChI is InChI=1S/C7H10N2OS2/c1-4(8-10)6-5(2)9(3)7(11)12-6/h10H,1-3H3/b8-4-. The molecule has 0 saturated carbocycles. The Labute approximate surface area is 80.0 Å². The van der Waals surface area contributed by atoms with Crippen LogP contribution in [0.4, 0.5) is 0 Å². The Bertz CT molecular complexity index is 375. The number of hydrogen-bond acceptors (Lipinski definition) is 4. The van der Waals surface area contributed by atoms with Crippen LogP contribution in [0.3, 0.4) is 0 Å². The molecule has 0 unspecified atom stereocenters. The summed E-state index contributed by atoms with van der Waals surface area (Å²) in [4.78, 5) is 0.949. The van der Waals surface area contributed by atoms with Crippen LogP contribution in [0.15, 0.2) is 5.16 Å². The van der Waals surface area contributed by atoms with E-state index in [-0.39, 0.29) is 0 Å². The molecule has 1 rings (SSSR count). The second-order valence-electron chi connectivity index (χ2n) is 2.53. The highest BCUT2D eigenvalue weighted by atomic mass is 32.1. The van der Waals surface area contributed by atoms with Gasteiger partial charge in [-0.1, -0.05) is 5.16 Å². The molecule has 0 atom stereocenters. The van der Waals surface area contributed by atoms with Gasteiger partial charge in [-0.25, -0.2) is 0 Å². The summed E-state index contributed by atoms with van der Waals surface area (Å²) in [5.74, 6) is 0. The van der Waals surface area contributed by atoms with Gasteiger partial charge in [0, 0.05) is 12.7 Å². The van der Waals surface area contributed by atoms with Crippen LogP contribution in [0.1, 0.15) is 17.5 Å². The van der Waals surface area contributed by atoms with Gasteiger partial charge < -0.3 is 9.77 Å². The first-order valence-corrected chi connectivity index (χ1v) is 4.66. The second kappa shape index (κ2) is 3.37. The van der Waals surface area contributed by atoms with Crippen LogP contribution in [0, 0.1) is 10.9 Å². The Kier molecular flexibility index (Phi) is 2.64. The summed E-state index contributed by atoms with van der Waals surface area (Å²) in [6, 6.07) is 0. The van der Waals surface area contributed by atoms with Crippen molar-refractivity contribution in [3.8, 4) is 0 Å². The summed E-state index contributed by atoms with van der Waals surface area (Å²) in [5.41, 5.74) is 1.66. The van der Waals surface area contributed by atoms with E-state index in [0.717, 1.165) is 14.5 Å². The predicted octanol–water partition coefficient (Wildman–Crippen LogP) is 2.32. The predicted molar refractivity (Wildman–Crippen MR) is 52.9 cm³/mol. The topological polar surface area (TPSA) is 37.5 Å². The van der Waals surface area contributed by atoms with E-state index in [2.05, 4.69) is 5.16 Å². The number of hydrogen-bond donors (Lipinski definition) is 1. The smallest absolute Gasteiger partial charge is 0.161 e. The maximum atomic E-state index is 8.56. The van der Waals surface area contributed by atoms with Gasteiger partial charge in [0.1, 0.15) is 0 Å². The summed E-state index contributed by atoms with van der Waals surface area (Å²) in [7, 11) is 1.91. The van der Waals surface area contributed by atoms with Crippen LogP contribution in [0.25, 0.3) is 0 Å². The highest BCUT2D eigenvalue weighted by Gasteiger charge is 2.08. The first-order chi connectivity index (χ1) is 5.57. The molecule has 66 valence electrons. The summed E-state index contributed by atoms with van der Waals surface area (Å²) >= 11 is 6.53. The van der Waals surface area contributed by atoms with Gasteiger partial charge >= 0.3 is 0 Å². The van der Waals surface area contributed by atoms with Crippen LogP contribution < -0.4 is 0 Å². The SMILES string of the molecule is C/C(=N/O)c1sc(=S)n(C)c1C. The van der Waals surface area contributed by atoms with Gasteiger partial charge in [-0.2, -0.15) is 0 Å². The van der Waals surface area contributed by atoms with Crippen molar-refractivity contribution in [2.45, 2.75) is 13.8 Å². The lowest BCUT2D eigenvalue weighted by molar-refractivity contribution is 0.319. The fraction of sp³-hybridized carbons (Fsp3) is 0.429. The molecule has 1 aromatic rings. The highest BCUT2D eigenvalue weighted by molar-refractivity contribution is 7.73. The molecule has 1 heterocycles. The fourth-order valence-corrected chi connectivity index (χ4v) is 2.21. The van der Waals surface area contributed by atoms with Crippen molar-refractivity contribution in [1.82, 2.24) is 4.57 Å². The van der Waals surface area contributed by atoms with Gasteiger partial charge in [-0.3, -0.25) is 0 Å². The van der Waals surface area contributed by atoms with Crippen LogP contribution in [0.5, 0.6) is 0 Å². The zero-order chi connectivity index (χ0) is 9.30. The Morgan fingerprint density at radius 3 is 2.58 bits per heavy atom. The average molecular weight is 202 g/mol. The molecule has 0 aromatic carbocycles. The maximum Gasteiger partial charge on any atom is 0.161 e. The summed E-state index contributed by atoms with van der Waals surface area (Å²) in [5, 5.41) is 11.7. The van der Waals surface area contributed by atoms with E-state index >= 15 is 0 Å². The minimum absolute atomic E-state index is 0.615. The van der Waals surface area contributed by atoms with Gasteiger partial charge in [0.15, 0.2) is 3.95 Å². The lowest BCUT2D eigenvalue weighted by Crippen LogP contribution is -1.97. The number of nitrogens with zero attached hydrogens (tertiary/aromatic N) is 2. The lowest BCUT2D eigenvalue weighted by atomic mass is 10.3. The van der Waals surface area contributed by atoms with Crippen molar-refractivity contribution in [3.63, 3.8) is 0 Å². The van der Waals surface area contributed by atoms with Crippen LogP contribution in [0.2, 0.25) is 0 Å². The van der Waals surface area contributed by atoms with E-state index in [1.54, 1.807) is 6.92 Å². The minimum Gasteiger partial charge on any atom is -0.411 e. The molecule has 0 bridgehead atoms. The summed E-state index contributed by atoms with van der Waals surface area (Å²) in [6.45, 7) is 3.71. The van der Waals surface area contributed by atoms with Crippen molar-refractivity contribution < 1.29 is 5.21 Å². The van der Waals surface area contributed by atoms with E-state index in [1.807, 2.05) is 18.5 Å². The van der Waals surface area contributed by atoms with E-state index in [1.165, 1.54) is 11.3 Å². The third kappa shape index (κ3) is 1.42. The number of aromatic nitrogens is 1. The van der Waals surface area contributed by atoms with Crippen LogP contribution >= 0.6 is 23.6 Å². The molecule has 3 nitrogen and oxygen atoms in total. The molecule has 0 spiro atoms. The molecule has 0 saturated heterocycles. The largest absolute Gasteiger partial charge is 0.411 e. The third-order valence-electron chi connectivity index (χ3n) is 1.77. The normalized spacial score (nSPS) is 12.1. The minimum atomic E-state index is 0.615. The van der Waals surface area contributed by atoms with E-state index in [0.29, 0.717) is 5.71 Å². The summed E-state index contributed by atoms with van der Waals surface area (Å²) < 4.78 is 2.70.